The first-order chi connectivity index (χ1) is 8.04. The van der Waals surface area contributed by atoms with Gasteiger partial charge in [-0.15, -0.1) is 0 Å². The molecule has 0 spiro atoms. The monoisotopic (exact) mass is 231 g/mol. The molecule has 0 aliphatic carbocycles. The predicted molar refractivity (Wildman–Crippen MR) is 65.8 cm³/mol. The fraction of sp³-hybridized carbons (Fsp3) is 0.429. The van der Waals surface area contributed by atoms with Crippen LogP contribution in [0.15, 0.2) is 24.3 Å². The highest BCUT2D eigenvalue weighted by atomic mass is 16.5. The maximum Gasteiger partial charge on any atom is 0.151 e. The number of rotatable bonds is 5. The van der Waals surface area contributed by atoms with Crippen LogP contribution in [0, 0.1) is 17.2 Å². The minimum Gasteiger partial charge on any atom is -0.493 e. The van der Waals surface area contributed by atoms with Gasteiger partial charge in [0.05, 0.1) is 12.7 Å². The molecular formula is C14H17NO2. The van der Waals surface area contributed by atoms with Crippen molar-refractivity contribution in [3.8, 4) is 11.8 Å². The average molecular weight is 231 g/mol. The van der Waals surface area contributed by atoms with Crippen LogP contribution >= 0.6 is 0 Å². The number of ether oxygens (including phenoxy) is 1. The van der Waals surface area contributed by atoms with Gasteiger partial charge in [0.1, 0.15) is 11.7 Å². The Kier molecular flexibility index (Phi) is 4.71. The van der Waals surface area contributed by atoms with Crippen LogP contribution in [-0.4, -0.2) is 12.4 Å². The molecular weight excluding hydrogens is 214 g/mol. The van der Waals surface area contributed by atoms with Crippen molar-refractivity contribution in [1.82, 2.24) is 0 Å². The molecule has 0 fully saturated rings. The van der Waals surface area contributed by atoms with E-state index in [1.54, 1.807) is 24.3 Å². The van der Waals surface area contributed by atoms with Gasteiger partial charge in [0, 0.05) is 0 Å². The van der Waals surface area contributed by atoms with E-state index >= 15 is 0 Å². The highest BCUT2D eigenvalue weighted by Crippen LogP contribution is 2.20. The Labute approximate surface area is 102 Å². The lowest BCUT2D eigenvalue weighted by atomic mass is 9.97. The minimum absolute atomic E-state index is 0.136. The van der Waals surface area contributed by atoms with Gasteiger partial charge in [-0.2, -0.15) is 5.26 Å². The summed E-state index contributed by atoms with van der Waals surface area (Å²) in [7, 11) is 0. The predicted octanol–water partition coefficient (Wildman–Crippen LogP) is 2.92. The second kappa shape index (κ2) is 6.05. The van der Waals surface area contributed by atoms with E-state index in [0.29, 0.717) is 12.5 Å². The molecule has 0 saturated carbocycles. The average Bonchev–Trinajstić information content (AvgIpc) is 2.28. The number of carbonyl (C=O) groups excluding carboxylic acids is 1. The van der Waals surface area contributed by atoms with Crippen LogP contribution in [0.25, 0.3) is 0 Å². The largest absolute Gasteiger partial charge is 0.493 e. The lowest BCUT2D eigenvalue weighted by Gasteiger charge is -2.10. The topological polar surface area (TPSA) is 50.1 Å². The third kappa shape index (κ3) is 3.92. The van der Waals surface area contributed by atoms with E-state index in [9.17, 15) is 4.79 Å². The third-order valence-electron chi connectivity index (χ3n) is 2.33. The number of hydrogen-bond acceptors (Lipinski definition) is 3. The smallest absolute Gasteiger partial charge is 0.151 e. The Balaban J connectivity index is 2.74. The van der Waals surface area contributed by atoms with Gasteiger partial charge in [-0.05, 0) is 30.5 Å². The number of ketones is 1. The van der Waals surface area contributed by atoms with E-state index in [1.165, 1.54) is 6.92 Å². The number of nitriles is 1. The van der Waals surface area contributed by atoms with Crippen LogP contribution in [0.5, 0.6) is 5.75 Å². The second-order valence-electron chi connectivity index (χ2n) is 4.45. The number of benzene rings is 1. The maximum atomic E-state index is 11.2. The van der Waals surface area contributed by atoms with Crippen LogP contribution in [0.2, 0.25) is 0 Å². The van der Waals surface area contributed by atoms with E-state index in [0.717, 1.165) is 11.3 Å². The van der Waals surface area contributed by atoms with Crippen LogP contribution < -0.4 is 4.74 Å². The molecule has 0 N–H and O–H groups in total. The summed E-state index contributed by atoms with van der Waals surface area (Å²) in [6, 6.07) is 9.13. The molecule has 0 aliphatic rings. The van der Waals surface area contributed by atoms with Crippen LogP contribution in [-0.2, 0) is 4.79 Å². The van der Waals surface area contributed by atoms with Gasteiger partial charge >= 0.3 is 0 Å². The van der Waals surface area contributed by atoms with Crippen LogP contribution in [0.4, 0.5) is 0 Å². The first kappa shape index (κ1) is 13.2. The first-order valence-corrected chi connectivity index (χ1v) is 5.67. The van der Waals surface area contributed by atoms with Crippen molar-refractivity contribution in [3.63, 3.8) is 0 Å². The number of hydrogen-bond donors (Lipinski definition) is 0. The van der Waals surface area contributed by atoms with Gasteiger partial charge in [0.2, 0.25) is 0 Å². The zero-order valence-electron chi connectivity index (χ0n) is 10.4. The molecule has 3 nitrogen and oxygen atoms in total. The SMILES string of the molecule is CC(=O)C(C#N)c1ccc(OCC(C)C)cc1. The second-order valence-corrected chi connectivity index (χ2v) is 4.45. The Morgan fingerprint density at radius 1 is 1.35 bits per heavy atom. The summed E-state index contributed by atoms with van der Waals surface area (Å²) in [5, 5.41) is 8.89. The van der Waals surface area contributed by atoms with E-state index in [2.05, 4.69) is 13.8 Å². The van der Waals surface area contributed by atoms with Gasteiger partial charge < -0.3 is 4.74 Å². The van der Waals surface area contributed by atoms with Gasteiger partial charge in [-0.1, -0.05) is 26.0 Å². The molecule has 1 rings (SSSR count). The highest BCUT2D eigenvalue weighted by Gasteiger charge is 2.15. The molecule has 0 radical (unpaired) electrons. The van der Waals surface area contributed by atoms with Crippen LogP contribution in [0.1, 0.15) is 32.3 Å². The van der Waals surface area contributed by atoms with Crippen molar-refractivity contribution in [2.45, 2.75) is 26.7 Å². The molecule has 3 heteroatoms. The van der Waals surface area contributed by atoms with Crippen molar-refractivity contribution >= 4 is 5.78 Å². The Morgan fingerprint density at radius 2 is 1.94 bits per heavy atom. The van der Waals surface area contributed by atoms with Crippen molar-refractivity contribution in [1.29, 1.82) is 5.26 Å². The Hall–Kier alpha value is -1.82. The zero-order chi connectivity index (χ0) is 12.8. The molecule has 0 bridgehead atoms. The molecule has 0 aromatic heterocycles. The number of Topliss-reactive ketones (excluding diaryl/α,β-unsaturated/α-hetero) is 1. The summed E-state index contributed by atoms with van der Waals surface area (Å²) in [6.07, 6.45) is 0. The zero-order valence-corrected chi connectivity index (χ0v) is 10.4. The fourth-order valence-electron chi connectivity index (χ4n) is 1.42. The maximum absolute atomic E-state index is 11.2. The summed E-state index contributed by atoms with van der Waals surface area (Å²) in [5.74, 6) is 0.430. The first-order valence-electron chi connectivity index (χ1n) is 5.67. The van der Waals surface area contributed by atoms with E-state index in [1.807, 2.05) is 6.07 Å². The third-order valence-corrected chi connectivity index (χ3v) is 2.33. The normalized spacial score (nSPS) is 11.9. The van der Waals surface area contributed by atoms with Crippen molar-refractivity contribution in [3.05, 3.63) is 29.8 Å². The van der Waals surface area contributed by atoms with Gasteiger partial charge in [-0.25, -0.2) is 0 Å². The summed E-state index contributed by atoms with van der Waals surface area (Å²) in [6.45, 7) is 6.25. The summed E-state index contributed by atoms with van der Waals surface area (Å²) >= 11 is 0. The fourth-order valence-corrected chi connectivity index (χ4v) is 1.42. The molecule has 0 saturated heterocycles. The lowest BCUT2D eigenvalue weighted by Crippen LogP contribution is -2.07. The number of nitrogens with zero attached hydrogens (tertiary/aromatic N) is 1. The standard InChI is InChI=1S/C14H17NO2/c1-10(2)9-17-13-6-4-12(5-7-13)14(8-15)11(3)16/h4-7,10,14H,9H2,1-3H3. The highest BCUT2D eigenvalue weighted by molar-refractivity contribution is 5.86. The molecule has 1 atom stereocenters. The molecule has 1 aromatic carbocycles. The van der Waals surface area contributed by atoms with Gasteiger partial charge in [0.25, 0.3) is 0 Å². The minimum atomic E-state index is -0.672. The van der Waals surface area contributed by atoms with Crippen molar-refractivity contribution in [2.75, 3.05) is 6.61 Å². The van der Waals surface area contributed by atoms with E-state index in [-0.39, 0.29) is 5.78 Å². The molecule has 90 valence electrons. The van der Waals surface area contributed by atoms with E-state index in [4.69, 9.17) is 10.00 Å². The molecule has 0 heterocycles. The van der Waals surface area contributed by atoms with E-state index < -0.39 is 5.92 Å². The Bertz CT molecular complexity index is 415. The summed E-state index contributed by atoms with van der Waals surface area (Å²) in [5.41, 5.74) is 0.719. The molecule has 17 heavy (non-hydrogen) atoms. The molecule has 1 aromatic rings. The van der Waals surface area contributed by atoms with Gasteiger partial charge in [-0.3, -0.25) is 4.79 Å². The molecule has 0 aliphatic heterocycles. The summed E-state index contributed by atoms with van der Waals surface area (Å²) < 4.78 is 5.53. The van der Waals surface area contributed by atoms with Crippen molar-refractivity contribution in [2.24, 2.45) is 5.92 Å². The molecule has 1 unspecified atom stereocenters. The summed E-state index contributed by atoms with van der Waals surface area (Å²) in [4.78, 5) is 11.2. The molecule has 0 amide bonds. The Morgan fingerprint density at radius 3 is 2.35 bits per heavy atom. The van der Waals surface area contributed by atoms with Gasteiger partial charge in [0.15, 0.2) is 5.78 Å². The quantitative estimate of drug-likeness (QED) is 0.782. The lowest BCUT2D eigenvalue weighted by molar-refractivity contribution is -0.117. The number of carbonyl (C=O) groups is 1. The van der Waals surface area contributed by atoms with Crippen LogP contribution in [0.3, 0.4) is 0 Å². The van der Waals surface area contributed by atoms with Crippen molar-refractivity contribution < 1.29 is 9.53 Å².